The zero-order valence-electron chi connectivity index (χ0n) is 12.1. The molecule has 0 spiro atoms. The second-order valence-electron chi connectivity index (χ2n) is 4.61. The van der Waals surface area contributed by atoms with Crippen LogP contribution >= 0.6 is 0 Å². The molecule has 21 heavy (non-hydrogen) atoms. The number of amides is 1. The number of hydrogen-bond acceptors (Lipinski definition) is 3. The lowest BCUT2D eigenvalue weighted by molar-refractivity contribution is -0.116. The van der Waals surface area contributed by atoms with Crippen molar-refractivity contribution in [3.8, 4) is 0 Å². The Balaban J connectivity index is 2.09. The van der Waals surface area contributed by atoms with Crippen molar-refractivity contribution in [1.82, 2.24) is 4.57 Å². The van der Waals surface area contributed by atoms with Crippen LogP contribution in [-0.2, 0) is 16.1 Å². The molecule has 0 radical (unpaired) electrons. The number of hydrogen-bond donors (Lipinski definition) is 1. The Morgan fingerprint density at radius 2 is 1.90 bits per heavy atom. The SMILES string of the molecule is CCOC(=O)c1c(C)ccn1CC(=O)Nc1ccccc1. The second-order valence-corrected chi connectivity index (χ2v) is 4.61. The van der Waals surface area contributed by atoms with Crippen molar-refractivity contribution in [3.63, 3.8) is 0 Å². The molecule has 0 saturated carbocycles. The number of esters is 1. The molecule has 1 heterocycles. The number of carbonyl (C=O) groups is 2. The predicted octanol–water partition coefficient (Wildman–Crippen LogP) is 2.61. The molecule has 110 valence electrons. The van der Waals surface area contributed by atoms with E-state index < -0.39 is 5.97 Å². The van der Waals surface area contributed by atoms with Gasteiger partial charge in [-0.15, -0.1) is 0 Å². The number of ether oxygens (including phenoxy) is 1. The van der Waals surface area contributed by atoms with Crippen molar-refractivity contribution in [2.45, 2.75) is 20.4 Å². The molecule has 2 rings (SSSR count). The summed E-state index contributed by atoms with van der Waals surface area (Å²) < 4.78 is 6.62. The van der Waals surface area contributed by atoms with Crippen LogP contribution in [0.3, 0.4) is 0 Å². The van der Waals surface area contributed by atoms with Crippen molar-refractivity contribution in [1.29, 1.82) is 0 Å². The largest absolute Gasteiger partial charge is 0.461 e. The summed E-state index contributed by atoms with van der Waals surface area (Å²) in [7, 11) is 0. The van der Waals surface area contributed by atoms with Crippen LogP contribution in [0, 0.1) is 6.92 Å². The number of rotatable bonds is 5. The third kappa shape index (κ3) is 3.72. The van der Waals surface area contributed by atoms with E-state index in [1.165, 1.54) is 0 Å². The van der Waals surface area contributed by atoms with Crippen molar-refractivity contribution >= 4 is 17.6 Å². The third-order valence-corrected chi connectivity index (χ3v) is 3.01. The van der Waals surface area contributed by atoms with E-state index in [1.807, 2.05) is 37.3 Å². The molecule has 1 aromatic heterocycles. The van der Waals surface area contributed by atoms with E-state index in [-0.39, 0.29) is 12.5 Å². The predicted molar refractivity (Wildman–Crippen MR) is 80.2 cm³/mol. The molecule has 0 aliphatic rings. The summed E-state index contributed by atoms with van der Waals surface area (Å²) in [4.78, 5) is 24.0. The molecule has 1 amide bonds. The van der Waals surface area contributed by atoms with Gasteiger partial charge < -0.3 is 14.6 Å². The van der Waals surface area contributed by atoms with Gasteiger partial charge in [0, 0.05) is 11.9 Å². The van der Waals surface area contributed by atoms with E-state index >= 15 is 0 Å². The first kappa shape index (κ1) is 14.8. The quantitative estimate of drug-likeness (QED) is 0.859. The number of carbonyl (C=O) groups excluding carboxylic acids is 2. The van der Waals surface area contributed by atoms with E-state index in [9.17, 15) is 9.59 Å². The van der Waals surface area contributed by atoms with Crippen LogP contribution in [0.25, 0.3) is 0 Å². The van der Waals surface area contributed by atoms with E-state index in [1.54, 1.807) is 23.8 Å². The standard InChI is InChI=1S/C16H18N2O3/c1-3-21-16(20)15-12(2)9-10-18(15)11-14(19)17-13-7-5-4-6-8-13/h4-10H,3,11H2,1-2H3,(H,17,19). The number of nitrogens with one attached hydrogen (secondary N) is 1. The summed E-state index contributed by atoms with van der Waals surface area (Å²) >= 11 is 0. The van der Waals surface area contributed by atoms with Crippen LogP contribution in [0.15, 0.2) is 42.6 Å². The maximum atomic E-state index is 12.0. The Kier molecular flexibility index (Phi) is 4.77. The summed E-state index contributed by atoms with van der Waals surface area (Å²) in [6, 6.07) is 11.0. The normalized spacial score (nSPS) is 10.2. The van der Waals surface area contributed by atoms with Gasteiger partial charge in [0.15, 0.2) is 0 Å². The monoisotopic (exact) mass is 286 g/mol. The van der Waals surface area contributed by atoms with Gasteiger partial charge in [-0.05, 0) is 37.6 Å². The Morgan fingerprint density at radius 1 is 1.19 bits per heavy atom. The zero-order chi connectivity index (χ0) is 15.2. The molecule has 0 saturated heterocycles. The van der Waals surface area contributed by atoms with Gasteiger partial charge >= 0.3 is 5.97 Å². The van der Waals surface area contributed by atoms with Crippen molar-refractivity contribution in [2.24, 2.45) is 0 Å². The summed E-state index contributed by atoms with van der Waals surface area (Å²) in [6.07, 6.45) is 1.71. The van der Waals surface area contributed by atoms with Gasteiger partial charge in [0.2, 0.25) is 5.91 Å². The highest BCUT2D eigenvalue weighted by molar-refractivity contribution is 5.93. The van der Waals surface area contributed by atoms with Gasteiger partial charge in [-0.3, -0.25) is 4.79 Å². The average molecular weight is 286 g/mol. The van der Waals surface area contributed by atoms with Gasteiger partial charge in [0.1, 0.15) is 12.2 Å². The van der Waals surface area contributed by atoms with Crippen LogP contribution in [0.1, 0.15) is 23.0 Å². The van der Waals surface area contributed by atoms with Gasteiger partial charge in [-0.25, -0.2) is 4.79 Å². The minimum atomic E-state index is -0.410. The lowest BCUT2D eigenvalue weighted by atomic mass is 10.2. The maximum Gasteiger partial charge on any atom is 0.355 e. The first-order valence-electron chi connectivity index (χ1n) is 6.79. The van der Waals surface area contributed by atoms with Gasteiger partial charge in [0.25, 0.3) is 0 Å². The molecule has 0 bridgehead atoms. The minimum Gasteiger partial charge on any atom is -0.461 e. The number of aromatic nitrogens is 1. The lowest BCUT2D eigenvalue weighted by Crippen LogP contribution is -2.22. The molecule has 1 aromatic carbocycles. The molecular formula is C16H18N2O3. The summed E-state index contributed by atoms with van der Waals surface area (Å²) in [5.41, 5.74) is 1.94. The molecule has 1 N–H and O–H groups in total. The highest BCUT2D eigenvalue weighted by atomic mass is 16.5. The lowest BCUT2D eigenvalue weighted by Gasteiger charge is -2.10. The molecule has 2 aromatic rings. The van der Waals surface area contributed by atoms with E-state index in [4.69, 9.17) is 4.74 Å². The van der Waals surface area contributed by atoms with Crippen LogP contribution in [0.2, 0.25) is 0 Å². The van der Waals surface area contributed by atoms with Crippen LogP contribution in [0.4, 0.5) is 5.69 Å². The molecular weight excluding hydrogens is 268 g/mol. The fourth-order valence-corrected chi connectivity index (χ4v) is 2.07. The highest BCUT2D eigenvalue weighted by Crippen LogP contribution is 2.12. The molecule has 0 aliphatic heterocycles. The number of anilines is 1. The third-order valence-electron chi connectivity index (χ3n) is 3.01. The number of nitrogens with zero attached hydrogens (tertiary/aromatic N) is 1. The molecule has 5 heteroatoms. The number of para-hydroxylation sites is 1. The summed E-state index contributed by atoms with van der Waals surface area (Å²) in [6.45, 7) is 3.94. The topological polar surface area (TPSA) is 60.3 Å². The van der Waals surface area contributed by atoms with Gasteiger partial charge in [0.05, 0.1) is 6.61 Å². The molecule has 5 nitrogen and oxygen atoms in total. The van der Waals surface area contributed by atoms with Crippen molar-refractivity contribution < 1.29 is 14.3 Å². The second kappa shape index (κ2) is 6.74. The van der Waals surface area contributed by atoms with E-state index in [0.29, 0.717) is 12.3 Å². The van der Waals surface area contributed by atoms with Gasteiger partial charge in [-0.2, -0.15) is 0 Å². The Hall–Kier alpha value is -2.56. The highest BCUT2D eigenvalue weighted by Gasteiger charge is 2.17. The average Bonchev–Trinajstić information content (AvgIpc) is 2.81. The number of benzene rings is 1. The van der Waals surface area contributed by atoms with E-state index in [0.717, 1.165) is 11.3 Å². The maximum absolute atomic E-state index is 12.0. The van der Waals surface area contributed by atoms with Crippen molar-refractivity contribution in [2.75, 3.05) is 11.9 Å². The fraction of sp³-hybridized carbons (Fsp3) is 0.250. The number of aryl methyl sites for hydroxylation is 1. The first-order chi connectivity index (χ1) is 10.1. The molecule has 0 fully saturated rings. The Morgan fingerprint density at radius 3 is 2.57 bits per heavy atom. The van der Waals surface area contributed by atoms with Crippen LogP contribution in [-0.4, -0.2) is 23.1 Å². The van der Waals surface area contributed by atoms with Crippen LogP contribution < -0.4 is 5.32 Å². The Bertz CT molecular complexity index is 632. The fourth-order valence-electron chi connectivity index (χ4n) is 2.07. The zero-order valence-corrected chi connectivity index (χ0v) is 12.1. The summed E-state index contributed by atoms with van der Waals surface area (Å²) in [5, 5.41) is 2.79. The molecule has 0 unspecified atom stereocenters. The first-order valence-corrected chi connectivity index (χ1v) is 6.79. The Labute approximate surface area is 123 Å². The molecule has 0 atom stereocenters. The summed E-state index contributed by atoms with van der Waals surface area (Å²) in [5.74, 6) is -0.602. The minimum absolute atomic E-state index is 0.0664. The smallest absolute Gasteiger partial charge is 0.355 e. The van der Waals surface area contributed by atoms with Crippen molar-refractivity contribution in [3.05, 3.63) is 53.9 Å². The van der Waals surface area contributed by atoms with Gasteiger partial charge in [-0.1, -0.05) is 18.2 Å². The molecule has 0 aliphatic carbocycles. The van der Waals surface area contributed by atoms with E-state index in [2.05, 4.69) is 5.32 Å². The van der Waals surface area contributed by atoms with Crippen LogP contribution in [0.5, 0.6) is 0 Å².